The van der Waals surface area contributed by atoms with Crippen LogP contribution in [0.15, 0.2) is 0 Å². The van der Waals surface area contributed by atoms with Crippen molar-refractivity contribution in [2.24, 2.45) is 159 Å². The highest BCUT2D eigenvalue weighted by Crippen LogP contribution is 2.54. The van der Waals surface area contributed by atoms with Crippen LogP contribution in [0.5, 0.6) is 0 Å². The molecular weight excluding hydrogens is 1480 g/mol. The Hall–Kier alpha value is 0. The molecule has 2 aliphatic rings. The summed E-state index contributed by atoms with van der Waals surface area (Å²) in [5, 5.41) is 0. The smallest absolute Gasteiger partial charge is 0.0277 e. The van der Waals surface area contributed by atoms with Crippen molar-refractivity contribution < 1.29 is 0 Å². The van der Waals surface area contributed by atoms with E-state index in [9.17, 15) is 0 Å². The fraction of sp³-hybridized carbons (Fsp3) is 1.00. The molecule has 0 aromatic carbocycles. The molecule has 0 nitrogen and oxygen atoms in total. The minimum Gasteiger partial charge on any atom is -0.0651 e. The highest BCUT2D eigenvalue weighted by molar-refractivity contribution is 4.94. The van der Waals surface area contributed by atoms with E-state index in [4.69, 9.17) is 0 Å². The Labute approximate surface area is 790 Å². The summed E-state index contributed by atoms with van der Waals surface area (Å²) in [6, 6.07) is 0. The van der Waals surface area contributed by atoms with Gasteiger partial charge >= 0.3 is 0 Å². The molecule has 0 aromatic heterocycles. The zero-order chi connectivity index (χ0) is 98.1. The molecule has 2 fully saturated rings. The minimum absolute atomic E-state index is 0.433. The number of hydrogen-bond donors (Lipinski definition) is 0. The minimum atomic E-state index is 0.433. The summed E-state index contributed by atoms with van der Waals surface area (Å²) < 4.78 is 0. The topological polar surface area (TPSA) is 0 Å². The predicted octanol–water partition coefficient (Wildman–Crippen LogP) is 45.4. The first-order chi connectivity index (χ1) is 55.2. The molecule has 0 N–H and O–H groups in total. The fourth-order valence-corrected chi connectivity index (χ4v) is 17.9. The molecule has 0 heterocycles. The molecule has 0 aliphatic heterocycles. The van der Waals surface area contributed by atoms with Gasteiger partial charge in [0.2, 0.25) is 0 Å². The molecule has 0 amide bonds. The van der Waals surface area contributed by atoms with Crippen LogP contribution in [-0.2, 0) is 0 Å². The highest BCUT2D eigenvalue weighted by atomic mass is 14.5. The molecule has 0 radical (unpaired) electrons. The molecule has 8 unspecified atom stereocenters. The molecule has 2 saturated carbocycles. The van der Waals surface area contributed by atoms with E-state index in [1.807, 2.05) is 0 Å². The third kappa shape index (κ3) is 72.2. The van der Waals surface area contributed by atoms with E-state index in [1.165, 1.54) is 263 Å². The van der Waals surface area contributed by atoms with E-state index in [0.29, 0.717) is 75.8 Å². The monoisotopic (exact) mass is 1740 g/mol. The van der Waals surface area contributed by atoms with Gasteiger partial charge in [-0.25, -0.2) is 0 Å². The lowest BCUT2D eigenvalue weighted by molar-refractivity contribution is 0.0160. The van der Waals surface area contributed by atoms with Crippen LogP contribution in [0.4, 0.5) is 0 Å². The van der Waals surface area contributed by atoms with E-state index in [2.05, 4.69) is 374 Å². The van der Waals surface area contributed by atoms with Crippen LogP contribution in [-0.4, -0.2) is 0 Å². The molecule has 2 rings (SSSR count). The molecule has 123 heavy (non-hydrogen) atoms. The Morgan fingerprint density at radius 2 is 0.496 bits per heavy atom. The van der Waals surface area contributed by atoms with Gasteiger partial charge < -0.3 is 0 Å². The van der Waals surface area contributed by atoms with Crippen LogP contribution in [0.1, 0.15) is 637 Å². The maximum absolute atomic E-state index is 2.49. The molecule has 0 heteroatoms. The zero-order valence-electron chi connectivity index (χ0n) is 98.1. The van der Waals surface area contributed by atoms with Gasteiger partial charge in [-0.15, -0.1) is 0 Å². The van der Waals surface area contributed by atoms with Gasteiger partial charge in [0.05, 0.1) is 0 Å². The maximum Gasteiger partial charge on any atom is -0.0277 e. The first-order valence-corrected chi connectivity index (χ1v) is 55.2. The van der Waals surface area contributed by atoms with Crippen molar-refractivity contribution in [3.63, 3.8) is 0 Å². The van der Waals surface area contributed by atoms with Crippen molar-refractivity contribution in [3.05, 3.63) is 0 Å². The van der Waals surface area contributed by atoms with Crippen LogP contribution in [0, 0.1) is 159 Å². The fourth-order valence-electron chi connectivity index (χ4n) is 17.9. The van der Waals surface area contributed by atoms with Gasteiger partial charge in [-0.1, -0.05) is 560 Å². The lowest BCUT2D eigenvalue weighted by Crippen LogP contribution is -2.38. The molecule has 2 aliphatic carbocycles. The quantitative estimate of drug-likeness (QED) is 0.0571. The molecule has 0 bridgehead atoms. The van der Waals surface area contributed by atoms with Gasteiger partial charge in [-0.3, -0.25) is 0 Å². The molecular formula is C123H258. The van der Waals surface area contributed by atoms with Crippen molar-refractivity contribution in [1.82, 2.24) is 0 Å². The lowest BCUT2D eigenvalue weighted by atomic mass is 9.56. The first kappa shape index (κ1) is 134. The first-order valence-electron chi connectivity index (χ1n) is 55.2. The van der Waals surface area contributed by atoms with Crippen LogP contribution in [0.3, 0.4) is 0 Å². The second kappa shape index (κ2) is 64.0. The lowest BCUT2D eigenvalue weighted by Gasteiger charge is -2.49. The van der Waals surface area contributed by atoms with Crippen molar-refractivity contribution in [3.8, 4) is 0 Å². The Kier molecular flexibility index (Phi) is 69.6. The summed E-state index contributed by atoms with van der Waals surface area (Å²) in [6.45, 7) is 128. The van der Waals surface area contributed by atoms with E-state index in [0.717, 1.165) is 82.9 Å². The van der Waals surface area contributed by atoms with Crippen molar-refractivity contribution in [1.29, 1.82) is 0 Å². The van der Waals surface area contributed by atoms with E-state index >= 15 is 0 Å². The highest BCUT2D eigenvalue weighted by Gasteiger charge is 2.44. The van der Waals surface area contributed by atoms with Gasteiger partial charge in [-0.2, -0.15) is 0 Å². The van der Waals surface area contributed by atoms with Crippen molar-refractivity contribution in [2.75, 3.05) is 0 Å². The van der Waals surface area contributed by atoms with Crippen LogP contribution < -0.4 is 0 Å². The standard InChI is InChI=1S/2C19H40.C15H30.C14H28.4C14H30/c1-16(2)10-8-11-17(3)12-9-13-18(4)14-15-19(5,6)7;1-9-19(8,18(5,6)7)15-11-14-17(4)13-10-12-16(2)3;1-13(2,3)12-8-10-15(7,11-9-12)14(4,5)6;1-11-7-9-12(10-8-11)14(5,6)13(2,3)4;2*1-12(2)8-7-9-13(3)10-11-14(4,5)6;1-8-12(2)10-9-11-14(6,7)13(3,4)5;1-8-14(7,13(4,5)6)11-9-10-12(2)3/h16-18H,8-15H2,1-7H3;16-17H,9-15H2,1-8H3;12H,8-11H2,1-7H3;11-12H,7-10H2,1-6H3;2*12-13H,7-11H2,1-6H3;2*12H,8-11H2,1-7H3. The Bertz CT molecular complexity index is 2310. The average Bonchev–Trinajstić information content (AvgIpc) is 0.794. The predicted molar refractivity (Wildman–Crippen MR) is 579 cm³/mol. The third-order valence-corrected chi connectivity index (χ3v) is 33.9. The van der Waals surface area contributed by atoms with E-state index in [-0.39, 0.29) is 0 Å². The van der Waals surface area contributed by atoms with Crippen LogP contribution >= 0.6 is 0 Å². The zero-order valence-corrected chi connectivity index (χ0v) is 98.1. The van der Waals surface area contributed by atoms with Crippen molar-refractivity contribution >= 4 is 0 Å². The molecule has 750 valence electrons. The van der Waals surface area contributed by atoms with Crippen molar-refractivity contribution in [2.45, 2.75) is 637 Å². The van der Waals surface area contributed by atoms with Gasteiger partial charge in [0.15, 0.2) is 0 Å². The molecule has 8 atom stereocenters. The van der Waals surface area contributed by atoms with Gasteiger partial charge in [-0.05, 0) is 236 Å². The number of hydrogen-bond acceptors (Lipinski definition) is 0. The molecule has 0 spiro atoms. The normalized spacial score (nSPS) is 19.9. The summed E-state index contributed by atoms with van der Waals surface area (Å²) in [5.41, 5.74) is 6.84. The Morgan fingerprint density at radius 3 is 0.724 bits per heavy atom. The summed E-state index contributed by atoms with van der Waals surface area (Å²) >= 11 is 0. The van der Waals surface area contributed by atoms with Gasteiger partial charge in [0.25, 0.3) is 0 Å². The SMILES string of the molecule is CC(C)(C)C1CCC(C)(C(C)(C)C)CC1.CC(C)CCCC(C)CCC(C)(C)C.CC(C)CCCC(C)CCC(C)(C)C.CC(C)CCCC(C)CCCC(C)CCC(C)(C)C.CC1CCC(C(C)(C)C(C)(C)C)CC1.CCC(C)(CCCC(C)C)C(C)(C)C.CCC(C)(CCCC(C)CCCC(C)C)C(C)(C)C.CCC(C)CCCC(C)(C)C(C)(C)C. The summed E-state index contributed by atoms with van der Waals surface area (Å²) in [6.07, 6.45) is 57.6. The second-order valence-corrected chi connectivity index (χ2v) is 58.0. The average molecular weight is 1740 g/mol. The molecule has 0 aromatic rings. The van der Waals surface area contributed by atoms with Crippen LogP contribution in [0.25, 0.3) is 0 Å². The van der Waals surface area contributed by atoms with Crippen LogP contribution in [0.2, 0.25) is 0 Å². The van der Waals surface area contributed by atoms with Gasteiger partial charge in [0.1, 0.15) is 0 Å². The largest absolute Gasteiger partial charge is 0.0651 e. The number of rotatable bonds is 42. The maximum atomic E-state index is 2.49. The summed E-state index contributed by atoms with van der Waals surface area (Å²) in [5.74, 6) is 12.8. The van der Waals surface area contributed by atoms with E-state index < -0.39 is 0 Å². The van der Waals surface area contributed by atoms with Gasteiger partial charge in [0, 0.05) is 0 Å². The third-order valence-electron chi connectivity index (χ3n) is 33.9. The van der Waals surface area contributed by atoms with E-state index in [1.54, 1.807) is 0 Å². The summed E-state index contributed by atoms with van der Waals surface area (Å²) in [4.78, 5) is 0. The Balaban J connectivity index is -0.000000319. The summed E-state index contributed by atoms with van der Waals surface area (Å²) in [7, 11) is 0. The molecule has 0 saturated heterocycles. The Morgan fingerprint density at radius 1 is 0.252 bits per heavy atom. The second-order valence-electron chi connectivity index (χ2n) is 58.0.